The smallest absolute Gasteiger partial charge is 0.339 e. The van der Waals surface area contributed by atoms with Crippen LogP contribution in [0.15, 0.2) is 47.7 Å². The first-order valence-corrected chi connectivity index (χ1v) is 5.80. The number of non-ortho nitro benzene ring substituents is 1. The molecule has 0 radical (unpaired) electrons. The van der Waals surface area contributed by atoms with Crippen molar-refractivity contribution in [1.29, 1.82) is 0 Å². The molecule has 0 spiro atoms. The van der Waals surface area contributed by atoms with Gasteiger partial charge in [0.05, 0.1) is 11.1 Å². The number of aromatic carboxylic acids is 1. The Balaban J connectivity index is 2.09. The van der Waals surface area contributed by atoms with Crippen LogP contribution < -0.4 is 5.43 Å². The van der Waals surface area contributed by atoms with E-state index in [1.807, 2.05) is 0 Å². The highest BCUT2D eigenvalue weighted by atomic mass is 16.6. The molecule has 2 N–H and O–H groups in total. The Hall–Kier alpha value is -3.29. The molecule has 1 aromatic heterocycles. The van der Waals surface area contributed by atoms with E-state index in [4.69, 9.17) is 5.11 Å². The molecular weight excluding hydrogens is 276 g/mol. The average molecular weight is 286 g/mol. The van der Waals surface area contributed by atoms with Crippen molar-refractivity contribution in [1.82, 2.24) is 4.98 Å². The van der Waals surface area contributed by atoms with Crippen molar-refractivity contribution in [3.63, 3.8) is 0 Å². The molecular formula is C13H10N4O4. The molecule has 0 aliphatic heterocycles. The fourth-order valence-corrected chi connectivity index (χ4v) is 1.52. The van der Waals surface area contributed by atoms with Crippen LogP contribution >= 0.6 is 0 Å². The standard InChI is InChI=1S/C13H10N4O4/c18-13(19)11-2-1-7-14-12(11)16-15-8-9-3-5-10(6-4-9)17(20)21/h1-8H,(H,14,16)(H,18,19). The Bertz CT molecular complexity index is 698. The molecule has 8 heteroatoms. The minimum Gasteiger partial charge on any atom is -0.478 e. The van der Waals surface area contributed by atoms with Crippen molar-refractivity contribution < 1.29 is 14.8 Å². The number of nitrogens with one attached hydrogen (secondary N) is 1. The number of carboxylic acids is 1. The van der Waals surface area contributed by atoms with Crippen molar-refractivity contribution >= 4 is 23.7 Å². The Labute approximate surface area is 118 Å². The monoisotopic (exact) mass is 286 g/mol. The molecule has 0 unspecified atom stereocenters. The first kappa shape index (κ1) is 14.1. The van der Waals surface area contributed by atoms with Gasteiger partial charge in [-0.3, -0.25) is 15.5 Å². The van der Waals surface area contributed by atoms with E-state index >= 15 is 0 Å². The first-order chi connectivity index (χ1) is 10.1. The highest BCUT2D eigenvalue weighted by Gasteiger charge is 2.09. The summed E-state index contributed by atoms with van der Waals surface area (Å²) in [4.78, 5) is 24.8. The van der Waals surface area contributed by atoms with Gasteiger partial charge in [-0.2, -0.15) is 5.10 Å². The number of rotatable bonds is 5. The zero-order chi connectivity index (χ0) is 15.2. The summed E-state index contributed by atoms with van der Waals surface area (Å²) in [6.07, 6.45) is 2.85. The summed E-state index contributed by atoms with van der Waals surface area (Å²) >= 11 is 0. The van der Waals surface area contributed by atoms with Crippen molar-refractivity contribution in [2.45, 2.75) is 0 Å². The Morgan fingerprint density at radius 2 is 2.05 bits per heavy atom. The summed E-state index contributed by atoms with van der Waals surface area (Å²) in [5.41, 5.74) is 3.13. The predicted octanol–water partition coefficient (Wildman–Crippen LogP) is 2.13. The van der Waals surface area contributed by atoms with Gasteiger partial charge < -0.3 is 5.11 Å². The van der Waals surface area contributed by atoms with E-state index in [2.05, 4.69) is 15.5 Å². The molecule has 1 aromatic carbocycles. The van der Waals surface area contributed by atoms with E-state index in [9.17, 15) is 14.9 Å². The van der Waals surface area contributed by atoms with Gasteiger partial charge >= 0.3 is 5.97 Å². The maximum Gasteiger partial charge on any atom is 0.339 e. The van der Waals surface area contributed by atoms with Crippen LogP contribution in [-0.4, -0.2) is 27.2 Å². The van der Waals surface area contributed by atoms with E-state index < -0.39 is 10.9 Å². The third kappa shape index (κ3) is 3.60. The Kier molecular flexibility index (Phi) is 4.20. The molecule has 0 amide bonds. The molecule has 21 heavy (non-hydrogen) atoms. The second kappa shape index (κ2) is 6.24. The minimum absolute atomic E-state index is 0.00153. The van der Waals surface area contributed by atoms with Crippen molar-refractivity contribution in [2.24, 2.45) is 5.10 Å². The molecule has 0 aliphatic carbocycles. The number of nitro benzene ring substituents is 1. The zero-order valence-corrected chi connectivity index (χ0v) is 10.6. The molecule has 2 aromatic rings. The zero-order valence-electron chi connectivity index (χ0n) is 10.6. The fraction of sp³-hybridized carbons (Fsp3) is 0. The van der Waals surface area contributed by atoms with Crippen LogP contribution in [0.3, 0.4) is 0 Å². The second-order valence-electron chi connectivity index (χ2n) is 3.92. The SMILES string of the molecule is O=C(O)c1cccnc1NN=Cc1ccc([N+](=O)[O-])cc1. The highest BCUT2D eigenvalue weighted by Crippen LogP contribution is 2.12. The molecule has 0 fully saturated rings. The predicted molar refractivity (Wildman–Crippen MR) is 75.5 cm³/mol. The number of carbonyl (C=O) groups is 1. The van der Waals surface area contributed by atoms with E-state index in [-0.39, 0.29) is 17.1 Å². The quantitative estimate of drug-likeness (QED) is 0.494. The van der Waals surface area contributed by atoms with E-state index in [0.717, 1.165) is 0 Å². The van der Waals surface area contributed by atoms with Gasteiger partial charge in [-0.1, -0.05) is 0 Å². The van der Waals surface area contributed by atoms with Crippen LogP contribution in [0.1, 0.15) is 15.9 Å². The normalized spacial score (nSPS) is 10.5. The summed E-state index contributed by atoms with van der Waals surface area (Å²) in [7, 11) is 0. The van der Waals surface area contributed by atoms with Crippen LogP contribution in [-0.2, 0) is 0 Å². The Morgan fingerprint density at radius 1 is 1.33 bits per heavy atom. The molecule has 0 saturated carbocycles. The van der Waals surface area contributed by atoms with Crippen molar-refractivity contribution in [3.05, 3.63) is 63.8 Å². The molecule has 1 heterocycles. The van der Waals surface area contributed by atoms with Gasteiger partial charge in [0.2, 0.25) is 0 Å². The number of pyridine rings is 1. The van der Waals surface area contributed by atoms with Crippen LogP contribution in [0.5, 0.6) is 0 Å². The van der Waals surface area contributed by atoms with Crippen LogP contribution in [0.25, 0.3) is 0 Å². The van der Waals surface area contributed by atoms with Crippen molar-refractivity contribution in [3.8, 4) is 0 Å². The van der Waals surface area contributed by atoms with E-state index in [0.29, 0.717) is 5.56 Å². The summed E-state index contributed by atoms with van der Waals surface area (Å²) in [5, 5.41) is 23.3. The molecule has 0 atom stereocenters. The van der Waals surface area contributed by atoms with Crippen molar-refractivity contribution in [2.75, 3.05) is 5.43 Å². The molecule has 8 nitrogen and oxygen atoms in total. The second-order valence-corrected chi connectivity index (χ2v) is 3.92. The number of hydrogen-bond donors (Lipinski definition) is 2. The maximum atomic E-state index is 11.0. The van der Waals surface area contributed by atoms with Gasteiger partial charge in [0.15, 0.2) is 5.82 Å². The number of carboxylic acid groups (broad SMARTS) is 1. The lowest BCUT2D eigenvalue weighted by Gasteiger charge is -2.02. The number of hydrazone groups is 1. The lowest BCUT2D eigenvalue weighted by atomic mass is 10.2. The maximum absolute atomic E-state index is 11.0. The van der Waals surface area contributed by atoms with Gasteiger partial charge in [-0.05, 0) is 29.8 Å². The van der Waals surface area contributed by atoms with Crippen LogP contribution in [0, 0.1) is 10.1 Å². The first-order valence-electron chi connectivity index (χ1n) is 5.80. The fourth-order valence-electron chi connectivity index (χ4n) is 1.52. The van der Waals surface area contributed by atoms with Gasteiger partial charge in [0.1, 0.15) is 5.56 Å². The van der Waals surface area contributed by atoms with Crippen LogP contribution in [0.2, 0.25) is 0 Å². The lowest BCUT2D eigenvalue weighted by molar-refractivity contribution is -0.384. The number of nitro groups is 1. The third-order valence-electron chi connectivity index (χ3n) is 2.53. The molecule has 2 rings (SSSR count). The summed E-state index contributed by atoms with van der Waals surface area (Å²) in [6.45, 7) is 0. The average Bonchev–Trinajstić information content (AvgIpc) is 2.48. The summed E-state index contributed by atoms with van der Waals surface area (Å²) in [6, 6.07) is 8.67. The number of benzene rings is 1. The largest absolute Gasteiger partial charge is 0.478 e. The van der Waals surface area contributed by atoms with Gasteiger partial charge in [-0.25, -0.2) is 9.78 Å². The van der Waals surface area contributed by atoms with Gasteiger partial charge in [0, 0.05) is 18.3 Å². The highest BCUT2D eigenvalue weighted by molar-refractivity contribution is 5.93. The number of aromatic nitrogens is 1. The lowest BCUT2D eigenvalue weighted by Crippen LogP contribution is -2.04. The number of nitrogens with zero attached hydrogens (tertiary/aromatic N) is 3. The van der Waals surface area contributed by atoms with Gasteiger partial charge in [-0.15, -0.1) is 0 Å². The van der Waals surface area contributed by atoms with Crippen LogP contribution in [0.4, 0.5) is 11.5 Å². The summed E-state index contributed by atoms with van der Waals surface area (Å²) in [5.74, 6) is -1.00. The number of hydrogen-bond acceptors (Lipinski definition) is 6. The number of anilines is 1. The Morgan fingerprint density at radius 3 is 2.67 bits per heavy atom. The molecule has 0 saturated heterocycles. The molecule has 106 valence electrons. The molecule has 0 bridgehead atoms. The topological polar surface area (TPSA) is 118 Å². The summed E-state index contributed by atoms with van der Waals surface area (Å²) < 4.78 is 0. The van der Waals surface area contributed by atoms with E-state index in [1.54, 1.807) is 0 Å². The van der Waals surface area contributed by atoms with Gasteiger partial charge in [0.25, 0.3) is 5.69 Å². The minimum atomic E-state index is -1.11. The molecule has 0 aliphatic rings. The van der Waals surface area contributed by atoms with E-state index in [1.165, 1.54) is 48.8 Å². The third-order valence-corrected chi connectivity index (χ3v) is 2.53.